The van der Waals surface area contributed by atoms with Gasteiger partial charge in [0.1, 0.15) is 0 Å². The Balaban J connectivity index is 1.59. The molecule has 1 aromatic heterocycles. The molecule has 1 N–H and O–H groups in total. The van der Waals surface area contributed by atoms with Gasteiger partial charge in [0.2, 0.25) is 0 Å². The number of rotatable bonds is 4. The highest BCUT2D eigenvalue weighted by Crippen LogP contribution is 2.35. The molecule has 0 aliphatic carbocycles. The van der Waals surface area contributed by atoms with Crippen LogP contribution < -0.4 is 5.32 Å². The smallest absolute Gasteiger partial charge is 0.319 e. The van der Waals surface area contributed by atoms with Crippen LogP contribution in [0.25, 0.3) is 10.8 Å². The van der Waals surface area contributed by atoms with Crippen LogP contribution in [0, 0.1) is 0 Å². The van der Waals surface area contributed by atoms with Crippen LogP contribution in [0.5, 0.6) is 0 Å². The van der Waals surface area contributed by atoms with Crippen LogP contribution in [0.15, 0.2) is 58.4 Å². The number of benzene rings is 2. The van der Waals surface area contributed by atoms with E-state index < -0.39 is 17.5 Å². The standard InChI is InChI=1S/C20H15BrN2O3S/c1-20(16-8-9-17(21)27-16)18(25)23(19(26)22-20)11-15(24)14-7-6-12-4-2-3-5-13(12)10-14/h2-10H,11H2,1H3,(H,22,26). The molecule has 4 rings (SSSR count). The van der Waals surface area contributed by atoms with Crippen LogP contribution >= 0.6 is 27.3 Å². The number of fused-ring (bicyclic) bond motifs is 1. The summed E-state index contributed by atoms with van der Waals surface area (Å²) in [6, 6.07) is 16.2. The molecule has 1 fully saturated rings. The minimum atomic E-state index is -1.16. The largest absolute Gasteiger partial charge is 0.325 e. The Morgan fingerprint density at radius 3 is 2.56 bits per heavy atom. The van der Waals surface area contributed by atoms with Gasteiger partial charge in [0.25, 0.3) is 5.91 Å². The van der Waals surface area contributed by atoms with E-state index in [-0.39, 0.29) is 12.3 Å². The first kappa shape index (κ1) is 17.9. The minimum Gasteiger partial charge on any atom is -0.319 e. The lowest BCUT2D eigenvalue weighted by molar-refractivity contribution is -0.130. The van der Waals surface area contributed by atoms with Gasteiger partial charge in [-0.15, -0.1) is 11.3 Å². The van der Waals surface area contributed by atoms with Gasteiger partial charge in [-0.25, -0.2) is 4.79 Å². The van der Waals surface area contributed by atoms with E-state index in [1.807, 2.05) is 36.4 Å². The fraction of sp³-hybridized carbons (Fsp3) is 0.150. The maximum absolute atomic E-state index is 12.9. The maximum Gasteiger partial charge on any atom is 0.325 e. The number of nitrogens with zero attached hydrogens (tertiary/aromatic N) is 1. The number of urea groups is 1. The van der Waals surface area contributed by atoms with Crippen molar-refractivity contribution >= 4 is 55.8 Å². The second-order valence-corrected chi connectivity index (χ2v) is 9.00. The van der Waals surface area contributed by atoms with Crippen LogP contribution in [0.1, 0.15) is 22.2 Å². The molecule has 1 atom stereocenters. The van der Waals surface area contributed by atoms with Crippen LogP contribution in [-0.2, 0) is 10.3 Å². The van der Waals surface area contributed by atoms with E-state index in [1.165, 1.54) is 11.3 Å². The van der Waals surface area contributed by atoms with Crippen LogP contribution in [0.4, 0.5) is 4.79 Å². The number of carbonyl (C=O) groups excluding carboxylic acids is 3. The van der Waals surface area contributed by atoms with Gasteiger partial charge >= 0.3 is 6.03 Å². The first-order valence-corrected chi connectivity index (χ1v) is 9.91. The summed E-state index contributed by atoms with van der Waals surface area (Å²) >= 11 is 4.75. The Labute approximate surface area is 168 Å². The molecule has 5 nitrogen and oxygen atoms in total. The van der Waals surface area contributed by atoms with Gasteiger partial charge in [-0.3, -0.25) is 14.5 Å². The number of carbonyl (C=O) groups is 3. The normalized spacial score (nSPS) is 19.6. The number of amides is 3. The van der Waals surface area contributed by atoms with Crippen LogP contribution in [0.3, 0.4) is 0 Å². The average molecular weight is 443 g/mol. The van der Waals surface area contributed by atoms with E-state index >= 15 is 0 Å². The summed E-state index contributed by atoms with van der Waals surface area (Å²) < 4.78 is 0.867. The molecule has 7 heteroatoms. The Morgan fingerprint density at radius 1 is 1.11 bits per heavy atom. The Kier molecular flexibility index (Phi) is 4.36. The van der Waals surface area contributed by atoms with Crippen molar-refractivity contribution in [2.45, 2.75) is 12.5 Å². The third kappa shape index (κ3) is 3.07. The molecule has 2 aromatic carbocycles. The van der Waals surface area contributed by atoms with E-state index in [9.17, 15) is 14.4 Å². The van der Waals surface area contributed by atoms with E-state index in [0.717, 1.165) is 19.5 Å². The second-order valence-electron chi connectivity index (χ2n) is 6.54. The van der Waals surface area contributed by atoms with Crippen molar-refractivity contribution < 1.29 is 14.4 Å². The van der Waals surface area contributed by atoms with E-state index in [0.29, 0.717) is 10.4 Å². The molecule has 0 saturated carbocycles. The fourth-order valence-corrected chi connectivity index (χ4v) is 4.67. The molecular formula is C20H15BrN2O3S. The van der Waals surface area contributed by atoms with Crippen molar-refractivity contribution in [2.24, 2.45) is 0 Å². The minimum absolute atomic E-state index is 0.277. The number of hydrogen-bond acceptors (Lipinski definition) is 4. The number of imide groups is 1. The molecule has 1 aliphatic heterocycles. The fourth-order valence-electron chi connectivity index (χ4n) is 3.19. The number of halogens is 1. The molecule has 3 aromatic rings. The van der Waals surface area contributed by atoms with E-state index in [1.54, 1.807) is 25.1 Å². The van der Waals surface area contributed by atoms with Gasteiger partial charge in [-0.05, 0) is 51.8 Å². The number of Topliss-reactive ketones (excluding diaryl/α,β-unsaturated/α-hetero) is 1. The Hall–Kier alpha value is -2.51. The first-order valence-electron chi connectivity index (χ1n) is 8.30. The SMILES string of the molecule is CC1(c2ccc(Br)s2)NC(=O)N(CC(=O)c2ccc3ccccc3c2)C1=O. The quantitative estimate of drug-likeness (QED) is 0.483. The predicted octanol–water partition coefficient (Wildman–Crippen LogP) is 4.31. The zero-order valence-corrected chi connectivity index (χ0v) is 16.8. The first-order chi connectivity index (χ1) is 12.9. The number of thiophene rings is 1. The maximum atomic E-state index is 12.9. The molecule has 0 bridgehead atoms. The van der Waals surface area contributed by atoms with Crippen molar-refractivity contribution in [3.63, 3.8) is 0 Å². The zero-order chi connectivity index (χ0) is 19.2. The summed E-state index contributed by atoms with van der Waals surface area (Å²) in [6.07, 6.45) is 0. The topological polar surface area (TPSA) is 66.5 Å². The van der Waals surface area contributed by atoms with Crippen LogP contribution in [-0.4, -0.2) is 29.2 Å². The second kappa shape index (κ2) is 6.58. The Bertz CT molecular complexity index is 1090. The van der Waals surface area contributed by atoms with Gasteiger partial charge in [-0.2, -0.15) is 0 Å². The molecule has 0 spiro atoms. The predicted molar refractivity (Wildman–Crippen MR) is 108 cm³/mol. The van der Waals surface area contributed by atoms with Crippen molar-refractivity contribution in [1.82, 2.24) is 10.2 Å². The molecule has 136 valence electrons. The third-order valence-electron chi connectivity index (χ3n) is 4.71. The van der Waals surface area contributed by atoms with E-state index in [2.05, 4.69) is 21.2 Å². The van der Waals surface area contributed by atoms with Gasteiger partial charge in [0, 0.05) is 10.4 Å². The highest BCUT2D eigenvalue weighted by atomic mass is 79.9. The molecule has 0 radical (unpaired) electrons. The molecular weight excluding hydrogens is 428 g/mol. The van der Waals surface area contributed by atoms with Gasteiger partial charge < -0.3 is 5.32 Å². The van der Waals surface area contributed by atoms with Gasteiger partial charge in [0.15, 0.2) is 11.3 Å². The number of hydrogen-bond donors (Lipinski definition) is 1. The highest BCUT2D eigenvalue weighted by Gasteiger charge is 2.50. The summed E-state index contributed by atoms with van der Waals surface area (Å²) in [4.78, 5) is 39.7. The summed E-state index contributed by atoms with van der Waals surface area (Å²) in [5.74, 6) is -0.697. The Morgan fingerprint density at radius 2 is 1.85 bits per heavy atom. The highest BCUT2D eigenvalue weighted by molar-refractivity contribution is 9.11. The molecule has 2 heterocycles. The molecule has 1 unspecified atom stereocenters. The van der Waals surface area contributed by atoms with Gasteiger partial charge in [-0.1, -0.05) is 36.4 Å². The van der Waals surface area contributed by atoms with Crippen molar-refractivity contribution in [3.05, 3.63) is 68.8 Å². The molecule has 1 aliphatic rings. The average Bonchev–Trinajstić information content (AvgIpc) is 3.19. The molecule has 27 heavy (non-hydrogen) atoms. The lowest BCUT2D eigenvalue weighted by Crippen LogP contribution is -2.40. The summed E-state index contributed by atoms with van der Waals surface area (Å²) in [5, 5.41) is 4.69. The third-order valence-corrected chi connectivity index (χ3v) is 6.56. The summed E-state index contributed by atoms with van der Waals surface area (Å²) in [7, 11) is 0. The van der Waals surface area contributed by atoms with E-state index in [4.69, 9.17) is 0 Å². The lowest BCUT2D eigenvalue weighted by Gasteiger charge is -2.19. The van der Waals surface area contributed by atoms with Gasteiger partial charge in [0.05, 0.1) is 10.3 Å². The summed E-state index contributed by atoms with van der Waals surface area (Å²) in [6.45, 7) is 1.37. The molecule has 3 amide bonds. The number of ketones is 1. The lowest BCUT2D eigenvalue weighted by atomic mass is 10.00. The zero-order valence-electron chi connectivity index (χ0n) is 14.4. The van der Waals surface area contributed by atoms with Crippen LogP contribution in [0.2, 0.25) is 0 Å². The molecule has 1 saturated heterocycles. The van der Waals surface area contributed by atoms with Crippen molar-refractivity contribution in [2.75, 3.05) is 6.54 Å². The summed E-state index contributed by atoms with van der Waals surface area (Å²) in [5.41, 5.74) is -0.681. The monoisotopic (exact) mass is 442 g/mol. The number of nitrogens with one attached hydrogen (secondary N) is 1. The van der Waals surface area contributed by atoms with Crippen molar-refractivity contribution in [3.8, 4) is 0 Å². The van der Waals surface area contributed by atoms with Crippen molar-refractivity contribution in [1.29, 1.82) is 0 Å².